The highest BCUT2D eigenvalue weighted by Crippen LogP contribution is 2.35. The van der Waals surface area contributed by atoms with E-state index < -0.39 is 0 Å². The molecule has 12 heavy (non-hydrogen) atoms. The minimum absolute atomic E-state index is 0.368. The van der Waals surface area contributed by atoms with Gasteiger partial charge in [0.15, 0.2) is 0 Å². The summed E-state index contributed by atoms with van der Waals surface area (Å²) in [5.74, 6) is 0. The highest BCUT2D eigenvalue weighted by Gasteiger charge is 2.22. The summed E-state index contributed by atoms with van der Waals surface area (Å²) in [7, 11) is 0. The van der Waals surface area contributed by atoms with E-state index in [-0.39, 0.29) is 0 Å². The first-order chi connectivity index (χ1) is 5.56. The van der Waals surface area contributed by atoms with Gasteiger partial charge in [-0.05, 0) is 36.3 Å². The van der Waals surface area contributed by atoms with Crippen LogP contribution in [0.5, 0.6) is 0 Å². The highest BCUT2D eigenvalue weighted by atomic mass is 127. The molecule has 1 rings (SSSR count). The van der Waals surface area contributed by atoms with Crippen LogP contribution >= 0.6 is 22.6 Å². The molecular weight excluding hydrogens is 259 g/mol. The number of allylic oxidation sites excluding steroid dienone is 1. The van der Waals surface area contributed by atoms with Gasteiger partial charge in [0.25, 0.3) is 0 Å². The van der Waals surface area contributed by atoms with Gasteiger partial charge in [0.2, 0.25) is 0 Å². The van der Waals surface area contributed by atoms with Crippen molar-refractivity contribution in [2.75, 3.05) is 0 Å². The van der Waals surface area contributed by atoms with Gasteiger partial charge in [-0.1, -0.05) is 43.4 Å². The lowest BCUT2D eigenvalue weighted by Crippen LogP contribution is -2.15. The van der Waals surface area contributed by atoms with Crippen LogP contribution in [-0.4, -0.2) is 3.92 Å². The minimum atomic E-state index is 0.368. The summed E-state index contributed by atoms with van der Waals surface area (Å²) in [4.78, 5) is 0. The van der Waals surface area contributed by atoms with Gasteiger partial charge in [-0.3, -0.25) is 0 Å². The molecule has 1 aliphatic rings. The molecule has 0 aromatic heterocycles. The summed E-state index contributed by atoms with van der Waals surface area (Å²) in [5, 5.41) is 0. The fraction of sp³-hybridized carbons (Fsp3) is 0.727. The van der Waals surface area contributed by atoms with Crippen LogP contribution in [0.2, 0.25) is 0 Å². The highest BCUT2D eigenvalue weighted by molar-refractivity contribution is 14.1. The van der Waals surface area contributed by atoms with E-state index in [4.69, 9.17) is 0 Å². The van der Waals surface area contributed by atoms with Crippen molar-refractivity contribution in [3.63, 3.8) is 0 Å². The van der Waals surface area contributed by atoms with Crippen LogP contribution in [0.1, 0.15) is 40.0 Å². The molecule has 0 amide bonds. The van der Waals surface area contributed by atoms with E-state index in [2.05, 4.69) is 55.2 Å². The van der Waals surface area contributed by atoms with E-state index in [0.29, 0.717) is 9.34 Å². The minimum Gasteiger partial charge on any atom is -0.124 e. The van der Waals surface area contributed by atoms with E-state index >= 15 is 0 Å². The summed E-state index contributed by atoms with van der Waals surface area (Å²) < 4.78 is 0.707. The van der Waals surface area contributed by atoms with Gasteiger partial charge in [-0.25, -0.2) is 0 Å². The van der Waals surface area contributed by atoms with Crippen molar-refractivity contribution in [1.82, 2.24) is 0 Å². The molecule has 1 unspecified atom stereocenters. The fourth-order valence-corrected chi connectivity index (χ4v) is 1.87. The molecule has 0 fully saturated rings. The van der Waals surface area contributed by atoms with Crippen molar-refractivity contribution in [2.24, 2.45) is 5.41 Å². The summed E-state index contributed by atoms with van der Waals surface area (Å²) in [6.07, 6.45) is 5.98. The number of halogens is 1. The van der Waals surface area contributed by atoms with Gasteiger partial charge in [0, 0.05) is 3.92 Å². The monoisotopic (exact) mass is 276 g/mol. The topological polar surface area (TPSA) is 0 Å². The van der Waals surface area contributed by atoms with Crippen LogP contribution in [0.4, 0.5) is 0 Å². The Kier molecular flexibility index (Phi) is 3.42. The molecule has 0 spiro atoms. The number of alkyl halides is 1. The van der Waals surface area contributed by atoms with Gasteiger partial charge in [0.05, 0.1) is 0 Å². The standard InChI is InChI=1S/C11H17I/c1-4-11(2,3)9-5-7-10(12)8-6-9/h8,10H,4-5,7H2,1-3H3. The largest absolute Gasteiger partial charge is 0.124 e. The molecule has 0 N–H and O–H groups in total. The Balaban J connectivity index is 2.83. The molecule has 0 aliphatic heterocycles. The van der Waals surface area contributed by atoms with Crippen LogP contribution in [0, 0.1) is 5.41 Å². The maximum atomic E-state index is 3.44. The summed E-state index contributed by atoms with van der Waals surface area (Å²) in [5.41, 5.74) is 5.32. The first-order valence-electron chi connectivity index (χ1n) is 4.66. The molecule has 0 nitrogen and oxygen atoms in total. The molecule has 0 bridgehead atoms. The van der Waals surface area contributed by atoms with Gasteiger partial charge < -0.3 is 0 Å². The SMILES string of the molecule is CCC(C)(C)C1=C=CC(I)CC1. The quantitative estimate of drug-likeness (QED) is 0.404. The zero-order valence-corrected chi connectivity index (χ0v) is 10.3. The van der Waals surface area contributed by atoms with E-state index in [1.165, 1.54) is 24.8 Å². The Morgan fingerprint density at radius 2 is 2.33 bits per heavy atom. The van der Waals surface area contributed by atoms with Crippen molar-refractivity contribution in [2.45, 2.75) is 44.0 Å². The maximum absolute atomic E-state index is 3.44. The Labute approximate surface area is 89.3 Å². The molecule has 0 aromatic carbocycles. The summed E-state index contributed by atoms with van der Waals surface area (Å²) >= 11 is 2.48. The van der Waals surface area contributed by atoms with Gasteiger partial charge in [-0.2, -0.15) is 0 Å². The van der Waals surface area contributed by atoms with Crippen molar-refractivity contribution in [1.29, 1.82) is 0 Å². The molecule has 0 radical (unpaired) electrons. The lowest BCUT2D eigenvalue weighted by molar-refractivity contribution is 0.410. The molecule has 1 aliphatic carbocycles. The van der Waals surface area contributed by atoms with Crippen LogP contribution < -0.4 is 0 Å². The van der Waals surface area contributed by atoms with E-state index in [1.54, 1.807) is 0 Å². The summed E-state index contributed by atoms with van der Waals surface area (Å²) in [6, 6.07) is 0. The van der Waals surface area contributed by atoms with Crippen LogP contribution in [0.3, 0.4) is 0 Å². The average Bonchev–Trinajstić information content (AvgIpc) is 2.05. The van der Waals surface area contributed by atoms with Crippen molar-refractivity contribution < 1.29 is 0 Å². The second-order valence-electron chi connectivity index (χ2n) is 4.08. The fourth-order valence-electron chi connectivity index (χ4n) is 1.38. The summed E-state index contributed by atoms with van der Waals surface area (Å²) in [6.45, 7) is 6.89. The molecule has 68 valence electrons. The zero-order chi connectivity index (χ0) is 9.19. The van der Waals surface area contributed by atoms with Crippen LogP contribution in [0.15, 0.2) is 17.4 Å². The molecule has 0 heterocycles. The van der Waals surface area contributed by atoms with Gasteiger partial charge in [0.1, 0.15) is 0 Å². The first kappa shape index (κ1) is 10.3. The van der Waals surface area contributed by atoms with E-state index in [1.807, 2.05) is 0 Å². The Hall–Kier alpha value is 0.250. The Morgan fingerprint density at radius 1 is 1.67 bits per heavy atom. The molecule has 1 heteroatoms. The predicted molar refractivity (Wildman–Crippen MR) is 62.7 cm³/mol. The Morgan fingerprint density at radius 3 is 2.75 bits per heavy atom. The molecule has 0 saturated carbocycles. The average molecular weight is 276 g/mol. The third-order valence-electron chi connectivity index (χ3n) is 2.81. The molecule has 0 aromatic rings. The number of rotatable bonds is 2. The predicted octanol–water partition coefficient (Wildman–Crippen LogP) is 4.10. The lowest BCUT2D eigenvalue weighted by atomic mass is 9.78. The van der Waals surface area contributed by atoms with Crippen molar-refractivity contribution >= 4 is 22.6 Å². The lowest BCUT2D eigenvalue weighted by Gasteiger charge is -2.27. The van der Waals surface area contributed by atoms with Crippen LogP contribution in [-0.2, 0) is 0 Å². The molecular formula is C11H17I. The van der Waals surface area contributed by atoms with Crippen molar-refractivity contribution in [3.8, 4) is 0 Å². The third-order valence-corrected chi connectivity index (χ3v) is 3.79. The number of hydrogen-bond acceptors (Lipinski definition) is 0. The van der Waals surface area contributed by atoms with Crippen LogP contribution in [0.25, 0.3) is 0 Å². The smallest absolute Gasteiger partial charge is 0.0367 e. The van der Waals surface area contributed by atoms with Gasteiger partial charge in [-0.15, -0.1) is 5.73 Å². The molecule has 0 saturated heterocycles. The third kappa shape index (κ3) is 2.37. The molecule has 1 atom stereocenters. The Bertz CT molecular complexity index is 219. The number of hydrogen-bond donors (Lipinski definition) is 0. The van der Waals surface area contributed by atoms with Crippen molar-refractivity contribution in [3.05, 3.63) is 17.4 Å². The van der Waals surface area contributed by atoms with E-state index in [9.17, 15) is 0 Å². The second-order valence-corrected chi connectivity index (χ2v) is 5.68. The van der Waals surface area contributed by atoms with E-state index in [0.717, 1.165) is 0 Å². The maximum Gasteiger partial charge on any atom is 0.0367 e. The second kappa shape index (κ2) is 3.97. The first-order valence-corrected chi connectivity index (χ1v) is 5.91. The normalized spacial score (nSPS) is 24.0. The zero-order valence-electron chi connectivity index (χ0n) is 8.15. The van der Waals surface area contributed by atoms with Gasteiger partial charge >= 0.3 is 0 Å².